The molecule has 0 fully saturated rings. The van der Waals surface area contributed by atoms with Crippen LogP contribution in [-0.2, 0) is 16.2 Å². The fourth-order valence-electron chi connectivity index (χ4n) is 2.36. The van der Waals surface area contributed by atoms with Crippen LogP contribution in [0, 0.1) is 0 Å². The van der Waals surface area contributed by atoms with Gasteiger partial charge in [-0.1, -0.05) is 0 Å². The van der Waals surface area contributed by atoms with E-state index in [-0.39, 0.29) is 16.2 Å². The van der Waals surface area contributed by atoms with Gasteiger partial charge in [-0.3, -0.25) is 0 Å². The van der Waals surface area contributed by atoms with Crippen LogP contribution in [-0.4, -0.2) is 0 Å². The molecule has 0 aromatic heterocycles. The van der Waals surface area contributed by atoms with Crippen molar-refractivity contribution < 1.29 is 0 Å². The van der Waals surface area contributed by atoms with Gasteiger partial charge in [0.25, 0.3) is 0 Å². The third-order valence-electron chi connectivity index (χ3n) is 3.74. The Morgan fingerprint density at radius 2 is 1.14 bits per heavy atom. The molecule has 1 aromatic carbocycles. The van der Waals surface area contributed by atoms with Crippen molar-refractivity contribution in [2.24, 2.45) is 4.74 Å². The summed E-state index contributed by atoms with van der Waals surface area (Å²) in [4.78, 5) is 0. The Morgan fingerprint density at radius 3 is 1.38 bits per heavy atom. The number of rotatable bonds is 1. The first-order valence-corrected chi connectivity index (χ1v) is 9.53. The zero-order valence-electron chi connectivity index (χ0n) is 15.0. The Morgan fingerprint density at radius 1 is 0.762 bits per heavy atom. The van der Waals surface area contributed by atoms with E-state index in [1.54, 1.807) is 0 Å². The van der Waals surface area contributed by atoms with Gasteiger partial charge in [-0.25, -0.2) is 0 Å². The first-order valence-electron chi connectivity index (χ1n) is 7.53. The van der Waals surface area contributed by atoms with E-state index < -0.39 is 0 Å². The molecule has 0 saturated heterocycles. The standard InChI is InChI=1S/C18H29NP2/c1-16(2,3)12-10-13(17(4,5)6)15(19-21-20)14(11-12)18(7,8)9/h10-11H,1-9H3. The number of benzene rings is 1. The molecule has 0 aliphatic rings. The summed E-state index contributed by atoms with van der Waals surface area (Å²) in [5.74, 6) is 0. The Balaban J connectivity index is 3.88. The van der Waals surface area contributed by atoms with Crippen LogP contribution in [0.5, 0.6) is 0 Å². The molecule has 0 aliphatic heterocycles. The van der Waals surface area contributed by atoms with Crippen molar-refractivity contribution in [3.8, 4) is 0 Å². The first-order chi connectivity index (χ1) is 9.28. The molecule has 0 atom stereocenters. The summed E-state index contributed by atoms with van der Waals surface area (Å²) in [6.45, 7) is 20.4. The predicted octanol–water partition coefficient (Wildman–Crippen LogP) is 7.67. The van der Waals surface area contributed by atoms with E-state index in [2.05, 4.69) is 83.0 Å². The summed E-state index contributed by atoms with van der Waals surface area (Å²) in [5, 5.41) is 0. The second kappa shape index (κ2) is 6.10. The van der Waals surface area contributed by atoms with Gasteiger partial charge in [-0.05, 0) is 0 Å². The molecule has 0 amide bonds. The van der Waals surface area contributed by atoms with Crippen molar-refractivity contribution in [2.45, 2.75) is 78.6 Å². The van der Waals surface area contributed by atoms with Gasteiger partial charge in [0.05, 0.1) is 0 Å². The van der Waals surface area contributed by atoms with Gasteiger partial charge in [0.2, 0.25) is 0 Å². The second-order valence-corrected chi connectivity index (χ2v) is 9.77. The zero-order chi connectivity index (χ0) is 16.6. The van der Waals surface area contributed by atoms with Crippen molar-refractivity contribution >= 4 is 21.9 Å². The normalized spacial score (nSPS) is 13.2. The Labute approximate surface area is 134 Å². The van der Waals surface area contributed by atoms with E-state index in [4.69, 9.17) is 4.74 Å². The van der Waals surface area contributed by atoms with Gasteiger partial charge in [-0.2, -0.15) is 0 Å². The van der Waals surface area contributed by atoms with Crippen LogP contribution in [0.2, 0.25) is 0 Å². The van der Waals surface area contributed by atoms with Crippen LogP contribution >= 0.6 is 16.2 Å². The molecular formula is C18H29NP2. The molecular weight excluding hydrogens is 292 g/mol. The molecule has 21 heavy (non-hydrogen) atoms. The van der Waals surface area contributed by atoms with Crippen LogP contribution < -0.4 is 0 Å². The van der Waals surface area contributed by atoms with Gasteiger partial charge < -0.3 is 0 Å². The van der Waals surface area contributed by atoms with Crippen LogP contribution in [0.4, 0.5) is 5.69 Å². The summed E-state index contributed by atoms with van der Waals surface area (Å²) in [6.07, 6.45) is 0. The Bertz CT molecular complexity index is 540. The predicted molar refractivity (Wildman–Crippen MR) is 98.5 cm³/mol. The maximum atomic E-state index is 4.70. The van der Waals surface area contributed by atoms with Gasteiger partial charge in [0, 0.05) is 0 Å². The minimum absolute atomic E-state index is 0.0680. The van der Waals surface area contributed by atoms with Crippen molar-refractivity contribution in [3.05, 3.63) is 28.8 Å². The fraction of sp³-hybridized carbons (Fsp3) is 0.667. The minimum atomic E-state index is 0.0680. The van der Waals surface area contributed by atoms with Crippen molar-refractivity contribution in [3.63, 3.8) is 0 Å². The maximum absolute atomic E-state index is 4.70. The van der Waals surface area contributed by atoms with Crippen molar-refractivity contribution in [1.82, 2.24) is 0 Å². The second-order valence-electron chi connectivity index (χ2n) is 8.86. The van der Waals surface area contributed by atoms with Crippen molar-refractivity contribution in [2.75, 3.05) is 0 Å². The molecule has 0 aliphatic carbocycles. The molecule has 1 nitrogen and oxygen atoms in total. The molecule has 0 spiro atoms. The van der Waals surface area contributed by atoms with Gasteiger partial charge in [0.15, 0.2) is 0 Å². The number of nitrogens with zero attached hydrogens (tertiary/aromatic N) is 1. The van der Waals surface area contributed by atoms with Gasteiger partial charge >= 0.3 is 134 Å². The summed E-state index contributed by atoms with van der Waals surface area (Å²) in [6, 6.07) is 4.68. The van der Waals surface area contributed by atoms with Crippen LogP contribution in [0.3, 0.4) is 0 Å². The van der Waals surface area contributed by atoms with E-state index in [1.165, 1.54) is 16.7 Å². The van der Waals surface area contributed by atoms with Crippen LogP contribution in [0.1, 0.15) is 79.0 Å². The average Bonchev–Trinajstić information content (AvgIpc) is 2.24. The van der Waals surface area contributed by atoms with E-state index in [9.17, 15) is 0 Å². The molecule has 3 heteroatoms. The molecule has 0 heterocycles. The Kier molecular flexibility index (Phi) is 5.46. The number of hydrogen-bond acceptors (Lipinski definition) is 1. The molecule has 0 bridgehead atoms. The van der Waals surface area contributed by atoms with E-state index in [0.717, 1.165) is 13.3 Å². The molecule has 0 saturated carbocycles. The van der Waals surface area contributed by atoms with Crippen LogP contribution in [0.25, 0.3) is 0 Å². The molecule has 0 N–H and O–H groups in total. The molecule has 0 unspecified atom stereocenters. The monoisotopic (exact) mass is 321 g/mol. The fourth-order valence-corrected chi connectivity index (χ4v) is 2.94. The first kappa shape index (κ1) is 18.8. The molecule has 1 aromatic rings. The van der Waals surface area contributed by atoms with Crippen LogP contribution in [0.15, 0.2) is 16.9 Å². The SMILES string of the molecule is CC(C)(C)c1cc(C(C)(C)C)c(N=[P+]=[P-])c(C(C)(C)C)c1. The summed E-state index contributed by atoms with van der Waals surface area (Å²) < 4.78 is 4.70. The molecule has 1 rings (SSSR count). The summed E-state index contributed by atoms with van der Waals surface area (Å²) in [7, 11) is 5.07. The van der Waals surface area contributed by atoms with Crippen molar-refractivity contribution in [1.29, 1.82) is 0 Å². The Hall–Kier alpha value is -0.250. The van der Waals surface area contributed by atoms with Gasteiger partial charge in [-0.15, -0.1) is 0 Å². The average molecular weight is 321 g/mol. The third kappa shape index (κ3) is 4.61. The molecule has 0 radical (unpaired) electrons. The van der Waals surface area contributed by atoms with E-state index in [1.807, 2.05) is 0 Å². The molecule has 116 valence electrons. The quantitative estimate of drug-likeness (QED) is 0.471. The summed E-state index contributed by atoms with van der Waals surface area (Å²) in [5.41, 5.74) is 5.42. The third-order valence-corrected chi connectivity index (χ3v) is 4.29. The zero-order valence-corrected chi connectivity index (χ0v) is 16.8. The summed E-state index contributed by atoms with van der Waals surface area (Å²) >= 11 is 0. The van der Waals surface area contributed by atoms with E-state index in [0.29, 0.717) is 0 Å². The topological polar surface area (TPSA) is 12.4 Å². The van der Waals surface area contributed by atoms with E-state index >= 15 is 0 Å². The number of hydrogen-bond donors (Lipinski definition) is 0. The van der Waals surface area contributed by atoms with Gasteiger partial charge in [0.1, 0.15) is 0 Å².